The van der Waals surface area contributed by atoms with Gasteiger partial charge in [0.25, 0.3) is 5.91 Å². The van der Waals surface area contributed by atoms with E-state index >= 15 is 0 Å². The molecule has 1 aromatic carbocycles. The molecule has 1 amide bonds. The predicted octanol–water partition coefficient (Wildman–Crippen LogP) is 3.12. The highest BCUT2D eigenvalue weighted by Crippen LogP contribution is 2.38. The number of rotatable bonds is 2. The van der Waals surface area contributed by atoms with Gasteiger partial charge in [0, 0.05) is 17.1 Å². The average Bonchev–Trinajstić information content (AvgIpc) is 3.07. The van der Waals surface area contributed by atoms with Crippen molar-refractivity contribution in [2.24, 2.45) is 0 Å². The van der Waals surface area contributed by atoms with Gasteiger partial charge in [0.2, 0.25) is 0 Å². The van der Waals surface area contributed by atoms with Gasteiger partial charge in [-0.05, 0) is 64.8 Å². The van der Waals surface area contributed by atoms with Crippen LogP contribution in [0.4, 0.5) is 0 Å². The molecule has 0 radical (unpaired) electrons. The molecule has 2 aliphatic heterocycles. The van der Waals surface area contributed by atoms with Gasteiger partial charge in [-0.1, -0.05) is 11.6 Å². The van der Waals surface area contributed by atoms with Gasteiger partial charge < -0.3 is 10.1 Å². The van der Waals surface area contributed by atoms with Gasteiger partial charge in [0.05, 0.1) is 0 Å². The standard InChI is InChI=1S/C18H24ClN3O3/c1-17(2)18(3,4)22(25)15(21(17)24)14-6-5-11-20(14)16(23)12-7-9-13(19)10-8-12/h7-10,14,24H,5-6,11H2,1-4H3. The van der Waals surface area contributed by atoms with Gasteiger partial charge in [-0.25, -0.2) is 5.21 Å². The molecule has 6 nitrogen and oxygen atoms in total. The number of halogens is 1. The number of benzene rings is 1. The fraction of sp³-hybridized carbons (Fsp3) is 0.556. The number of hydroxylamine groups is 3. The van der Waals surface area contributed by atoms with E-state index in [0.717, 1.165) is 16.2 Å². The molecule has 0 bridgehead atoms. The number of amides is 1. The number of carbonyl (C=O) groups is 1. The maximum Gasteiger partial charge on any atom is 0.304 e. The van der Waals surface area contributed by atoms with Crippen molar-refractivity contribution in [1.82, 2.24) is 9.96 Å². The van der Waals surface area contributed by atoms with Crippen LogP contribution in [0, 0.1) is 5.21 Å². The van der Waals surface area contributed by atoms with Gasteiger partial charge in [-0.2, -0.15) is 0 Å². The van der Waals surface area contributed by atoms with Crippen molar-refractivity contribution in [3.05, 3.63) is 40.1 Å². The smallest absolute Gasteiger partial charge is 0.304 e. The number of hydrogen-bond donors (Lipinski definition) is 1. The normalized spacial score (nSPS) is 25.0. The molecule has 1 unspecified atom stereocenters. The van der Waals surface area contributed by atoms with E-state index in [1.165, 1.54) is 0 Å². The second kappa shape index (κ2) is 5.88. The quantitative estimate of drug-likeness (QED) is 0.645. The molecule has 25 heavy (non-hydrogen) atoms. The van der Waals surface area contributed by atoms with Crippen LogP contribution in [-0.2, 0) is 0 Å². The Kier molecular flexibility index (Phi) is 4.24. The fourth-order valence-electron chi connectivity index (χ4n) is 3.48. The molecule has 2 aliphatic rings. The first-order valence-electron chi connectivity index (χ1n) is 8.49. The fourth-order valence-corrected chi connectivity index (χ4v) is 3.61. The van der Waals surface area contributed by atoms with Crippen LogP contribution in [0.2, 0.25) is 5.02 Å². The van der Waals surface area contributed by atoms with E-state index in [1.54, 1.807) is 43.0 Å². The zero-order valence-electron chi connectivity index (χ0n) is 15.0. The zero-order chi connectivity index (χ0) is 18.6. The summed E-state index contributed by atoms with van der Waals surface area (Å²) >= 11 is 5.89. The molecular formula is C18H24ClN3O3. The van der Waals surface area contributed by atoms with Crippen molar-refractivity contribution >= 4 is 23.3 Å². The average molecular weight is 366 g/mol. The van der Waals surface area contributed by atoms with E-state index in [-0.39, 0.29) is 11.7 Å². The Morgan fingerprint density at radius 1 is 1.28 bits per heavy atom. The van der Waals surface area contributed by atoms with Crippen molar-refractivity contribution in [2.75, 3.05) is 6.54 Å². The maximum atomic E-state index is 12.9. The largest absolute Gasteiger partial charge is 0.715 e. The first-order valence-corrected chi connectivity index (χ1v) is 8.86. The highest BCUT2D eigenvalue weighted by atomic mass is 35.5. The van der Waals surface area contributed by atoms with Gasteiger partial charge in [-0.15, -0.1) is 5.06 Å². The van der Waals surface area contributed by atoms with Gasteiger partial charge in [0.15, 0.2) is 5.54 Å². The van der Waals surface area contributed by atoms with Crippen LogP contribution in [0.25, 0.3) is 0 Å². The van der Waals surface area contributed by atoms with E-state index in [0.29, 0.717) is 23.6 Å². The summed E-state index contributed by atoms with van der Waals surface area (Å²) in [4.78, 5) is 14.6. The van der Waals surface area contributed by atoms with Crippen molar-refractivity contribution < 1.29 is 14.7 Å². The van der Waals surface area contributed by atoms with Crippen LogP contribution in [0.15, 0.2) is 24.3 Å². The maximum absolute atomic E-state index is 12.9. The lowest BCUT2D eigenvalue weighted by molar-refractivity contribution is -0.541. The Morgan fingerprint density at radius 2 is 1.88 bits per heavy atom. The second-order valence-electron chi connectivity index (χ2n) is 7.75. The van der Waals surface area contributed by atoms with E-state index in [1.807, 2.05) is 13.8 Å². The molecule has 136 valence electrons. The Hall–Kier alpha value is -1.79. The molecular weight excluding hydrogens is 342 g/mol. The summed E-state index contributed by atoms with van der Waals surface area (Å²) < 4.78 is 0.866. The molecule has 7 heteroatoms. The number of carbonyl (C=O) groups excluding carboxylic acids is 1. The lowest BCUT2D eigenvalue weighted by Crippen LogP contribution is -2.55. The highest BCUT2D eigenvalue weighted by molar-refractivity contribution is 6.30. The summed E-state index contributed by atoms with van der Waals surface area (Å²) in [6.07, 6.45) is 1.44. The van der Waals surface area contributed by atoms with Crippen LogP contribution >= 0.6 is 11.6 Å². The topological polar surface area (TPSA) is 69.8 Å². The molecule has 0 aliphatic carbocycles. The van der Waals surface area contributed by atoms with E-state index < -0.39 is 17.1 Å². The summed E-state index contributed by atoms with van der Waals surface area (Å²) in [5.74, 6) is 0.0887. The number of likely N-dealkylation sites (tertiary alicyclic amines) is 1. The Labute approximate surface area is 152 Å². The molecule has 0 spiro atoms. The molecule has 0 aromatic heterocycles. The molecule has 0 saturated carbocycles. The van der Waals surface area contributed by atoms with Crippen LogP contribution in [0.5, 0.6) is 0 Å². The summed E-state index contributed by atoms with van der Waals surface area (Å²) in [5, 5.41) is 25.2. The predicted molar refractivity (Wildman–Crippen MR) is 95.9 cm³/mol. The van der Waals surface area contributed by atoms with Gasteiger partial charge in [-0.3, -0.25) is 9.53 Å². The highest BCUT2D eigenvalue weighted by Gasteiger charge is 2.61. The molecule has 1 N–H and O–H groups in total. The molecule has 1 saturated heterocycles. The molecule has 1 atom stereocenters. The minimum Gasteiger partial charge on any atom is -0.715 e. The lowest BCUT2D eigenvalue weighted by Gasteiger charge is -2.33. The molecule has 1 fully saturated rings. The SMILES string of the molecule is CC1(C)N(O)C(C2CCCN2C(=O)c2ccc(Cl)cc2)=[N+]([O-])C1(C)C. The number of nitrogens with zero attached hydrogens (tertiary/aromatic N) is 3. The number of amidine groups is 1. The van der Waals surface area contributed by atoms with Crippen molar-refractivity contribution in [3.63, 3.8) is 0 Å². The summed E-state index contributed by atoms with van der Waals surface area (Å²) in [7, 11) is 0. The third-order valence-corrected chi connectivity index (χ3v) is 6.11. The van der Waals surface area contributed by atoms with Gasteiger partial charge in [0.1, 0.15) is 11.6 Å². The monoisotopic (exact) mass is 365 g/mol. The molecule has 3 rings (SSSR count). The molecule has 2 heterocycles. The van der Waals surface area contributed by atoms with Crippen molar-refractivity contribution in [3.8, 4) is 0 Å². The first kappa shape index (κ1) is 18.0. The summed E-state index contributed by atoms with van der Waals surface area (Å²) in [6, 6.07) is 6.27. The first-order chi connectivity index (χ1) is 11.6. The lowest BCUT2D eigenvalue weighted by atomic mass is 9.84. The van der Waals surface area contributed by atoms with Crippen LogP contribution in [-0.4, -0.2) is 55.3 Å². The third kappa shape index (κ3) is 2.59. The Balaban J connectivity index is 1.96. The van der Waals surface area contributed by atoms with Crippen molar-refractivity contribution in [2.45, 2.75) is 57.7 Å². The van der Waals surface area contributed by atoms with E-state index in [4.69, 9.17) is 11.6 Å². The second-order valence-corrected chi connectivity index (χ2v) is 8.18. The van der Waals surface area contributed by atoms with E-state index in [2.05, 4.69) is 0 Å². The zero-order valence-corrected chi connectivity index (χ0v) is 15.7. The van der Waals surface area contributed by atoms with Gasteiger partial charge >= 0.3 is 5.84 Å². The van der Waals surface area contributed by atoms with Crippen LogP contribution in [0.1, 0.15) is 50.9 Å². The minimum atomic E-state index is -0.811. The van der Waals surface area contributed by atoms with Crippen molar-refractivity contribution in [1.29, 1.82) is 0 Å². The minimum absolute atomic E-state index is 0.157. The number of hydrogen-bond acceptors (Lipinski definition) is 4. The van der Waals surface area contributed by atoms with E-state index in [9.17, 15) is 15.2 Å². The Bertz CT molecular complexity index is 728. The van der Waals surface area contributed by atoms with Crippen LogP contribution < -0.4 is 0 Å². The summed E-state index contributed by atoms with van der Waals surface area (Å²) in [5.41, 5.74) is -1.05. The Morgan fingerprint density at radius 3 is 2.40 bits per heavy atom. The van der Waals surface area contributed by atoms with Crippen LogP contribution in [0.3, 0.4) is 0 Å². The third-order valence-electron chi connectivity index (χ3n) is 5.86. The molecule has 1 aromatic rings. The summed E-state index contributed by atoms with van der Waals surface area (Å²) in [6.45, 7) is 7.81.